The van der Waals surface area contributed by atoms with E-state index < -0.39 is 39.5 Å². The van der Waals surface area contributed by atoms with Crippen LogP contribution in [0.3, 0.4) is 0 Å². The Kier molecular flexibility index (Phi) is 3.89. The SMILES string of the molecule is NS(=O)(=O)CC1CC(=O)N(c2cc(C(F)(F)F)ncn2)C1. The molecule has 0 aliphatic carbocycles. The zero-order valence-electron chi connectivity index (χ0n) is 10.5. The largest absolute Gasteiger partial charge is 0.433 e. The maximum absolute atomic E-state index is 12.6. The normalized spacial score (nSPS) is 20.1. The zero-order valence-corrected chi connectivity index (χ0v) is 11.4. The van der Waals surface area contributed by atoms with Crippen molar-refractivity contribution in [3.05, 3.63) is 18.1 Å². The number of carbonyl (C=O) groups excluding carboxylic acids is 1. The Morgan fingerprint density at radius 2 is 2.05 bits per heavy atom. The number of alkyl halides is 3. The Morgan fingerprint density at radius 1 is 1.38 bits per heavy atom. The van der Waals surface area contributed by atoms with Crippen LogP contribution >= 0.6 is 0 Å². The van der Waals surface area contributed by atoms with Crippen molar-refractivity contribution in [2.75, 3.05) is 17.2 Å². The Bertz CT molecular complexity index is 662. The quantitative estimate of drug-likeness (QED) is 0.851. The number of halogens is 3. The molecule has 116 valence electrons. The number of rotatable bonds is 3. The van der Waals surface area contributed by atoms with Gasteiger partial charge in [-0.25, -0.2) is 23.5 Å². The highest BCUT2D eigenvalue weighted by Crippen LogP contribution is 2.30. The summed E-state index contributed by atoms with van der Waals surface area (Å²) in [5.74, 6) is -1.70. The van der Waals surface area contributed by atoms with Crippen LogP contribution in [0.1, 0.15) is 12.1 Å². The average Bonchev–Trinajstić information content (AvgIpc) is 2.67. The number of amides is 1. The maximum atomic E-state index is 12.6. The van der Waals surface area contributed by atoms with E-state index in [1.165, 1.54) is 0 Å². The number of primary sulfonamides is 1. The lowest BCUT2D eigenvalue weighted by atomic mass is 10.1. The molecule has 1 saturated heterocycles. The van der Waals surface area contributed by atoms with Crippen LogP contribution in [0.5, 0.6) is 0 Å². The first kappa shape index (κ1) is 15.6. The molecule has 1 aliphatic heterocycles. The summed E-state index contributed by atoms with van der Waals surface area (Å²) in [5, 5.41) is 4.89. The third kappa shape index (κ3) is 3.88. The highest BCUT2D eigenvalue weighted by molar-refractivity contribution is 7.89. The van der Waals surface area contributed by atoms with Crippen molar-refractivity contribution in [2.45, 2.75) is 12.6 Å². The minimum absolute atomic E-state index is 0.0520. The molecule has 0 radical (unpaired) electrons. The van der Waals surface area contributed by atoms with Gasteiger partial charge >= 0.3 is 6.18 Å². The molecule has 0 spiro atoms. The standard InChI is InChI=1S/C10H11F3N4O3S/c11-10(12,13)7-2-8(16-5-15-7)17-3-6(1-9(17)18)4-21(14,19)20/h2,5-6H,1,3-4H2,(H2,14,19,20). The summed E-state index contributed by atoms with van der Waals surface area (Å²) in [6.07, 6.45) is -4.05. The molecule has 1 aromatic heterocycles. The Balaban J connectivity index is 2.21. The molecule has 0 bridgehead atoms. The Hall–Kier alpha value is -1.75. The number of nitrogens with two attached hydrogens (primary N) is 1. The van der Waals surface area contributed by atoms with Gasteiger partial charge in [0.05, 0.1) is 5.75 Å². The van der Waals surface area contributed by atoms with Gasteiger partial charge < -0.3 is 0 Å². The van der Waals surface area contributed by atoms with Crippen LogP contribution in [0.2, 0.25) is 0 Å². The molecule has 1 aliphatic rings. The molecule has 1 fully saturated rings. The zero-order chi connectivity index (χ0) is 15.8. The van der Waals surface area contributed by atoms with Gasteiger partial charge in [0.1, 0.15) is 17.8 Å². The minimum atomic E-state index is -4.65. The second-order valence-corrected chi connectivity index (χ2v) is 6.32. The van der Waals surface area contributed by atoms with Gasteiger partial charge in [0.2, 0.25) is 15.9 Å². The van der Waals surface area contributed by atoms with Crippen molar-refractivity contribution in [1.29, 1.82) is 0 Å². The second kappa shape index (κ2) is 5.22. The van der Waals surface area contributed by atoms with Gasteiger partial charge in [0.25, 0.3) is 0 Å². The van der Waals surface area contributed by atoms with Crippen LogP contribution in [0.4, 0.5) is 19.0 Å². The number of carbonyl (C=O) groups is 1. The van der Waals surface area contributed by atoms with E-state index >= 15 is 0 Å². The van der Waals surface area contributed by atoms with Gasteiger partial charge in [0.15, 0.2) is 0 Å². The predicted molar refractivity (Wildman–Crippen MR) is 65.5 cm³/mol. The first-order valence-corrected chi connectivity index (χ1v) is 7.48. The second-order valence-electron chi connectivity index (χ2n) is 4.66. The fourth-order valence-corrected chi connectivity index (χ4v) is 2.97. The van der Waals surface area contributed by atoms with E-state index in [2.05, 4.69) is 9.97 Å². The first-order chi connectivity index (χ1) is 9.56. The third-order valence-electron chi connectivity index (χ3n) is 2.89. The van der Waals surface area contributed by atoms with Gasteiger partial charge in [-0.15, -0.1) is 0 Å². The number of nitrogens with zero attached hydrogens (tertiary/aromatic N) is 3. The van der Waals surface area contributed by atoms with Crippen molar-refractivity contribution in [1.82, 2.24) is 9.97 Å². The number of sulfonamides is 1. The average molecular weight is 324 g/mol. The Labute approximate surface area is 118 Å². The molecular formula is C10H11F3N4O3S. The van der Waals surface area contributed by atoms with Crippen molar-refractivity contribution in [3.8, 4) is 0 Å². The van der Waals surface area contributed by atoms with Gasteiger partial charge in [-0.2, -0.15) is 13.2 Å². The summed E-state index contributed by atoms with van der Waals surface area (Å²) >= 11 is 0. The van der Waals surface area contributed by atoms with Gasteiger partial charge in [-0.3, -0.25) is 9.69 Å². The van der Waals surface area contributed by atoms with Crippen LogP contribution < -0.4 is 10.0 Å². The van der Waals surface area contributed by atoms with E-state index in [1.807, 2.05) is 0 Å². The summed E-state index contributed by atoms with van der Waals surface area (Å²) in [4.78, 5) is 19.5. The van der Waals surface area contributed by atoms with Crippen LogP contribution in [-0.2, 0) is 21.0 Å². The molecule has 2 rings (SSSR count). The monoisotopic (exact) mass is 324 g/mol. The molecule has 0 saturated carbocycles. The smallest absolute Gasteiger partial charge is 0.296 e. The molecule has 21 heavy (non-hydrogen) atoms. The van der Waals surface area contributed by atoms with E-state index in [4.69, 9.17) is 5.14 Å². The first-order valence-electron chi connectivity index (χ1n) is 5.76. The molecule has 7 nitrogen and oxygen atoms in total. The molecule has 0 aromatic carbocycles. The van der Waals surface area contributed by atoms with Gasteiger partial charge in [-0.05, 0) is 0 Å². The predicted octanol–water partition coefficient (Wildman–Crippen LogP) is 0.137. The van der Waals surface area contributed by atoms with E-state index in [-0.39, 0.29) is 18.8 Å². The fraction of sp³-hybridized carbons (Fsp3) is 0.500. The fourth-order valence-electron chi connectivity index (χ4n) is 2.09. The molecule has 2 heterocycles. The van der Waals surface area contributed by atoms with Crippen molar-refractivity contribution in [3.63, 3.8) is 0 Å². The van der Waals surface area contributed by atoms with Gasteiger partial charge in [0, 0.05) is 24.9 Å². The lowest BCUT2D eigenvalue weighted by Gasteiger charge is -2.16. The maximum Gasteiger partial charge on any atom is 0.433 e. The molecular weight excluding hydrogens is 313 g/mol. The van der Waals surface area contributed by atoms with Crippen molar-refractivity contribution in [2.24, 2.45) is 11.1 Å². The number of aromatic nitrogens is 2. The topological polar surface area (TPSA) is 106 Å². The van der Waals surface area contributed by atoms with Crippen LogP contribution in [-0.4, -0.2) is 36.6 Å². The third-order valence-corrected chi connectivity index (χ3v) is 3.83. The van der Waals surface area contributed by atoms with E-state index in [0.717, 1.165) is 4.90 Å². The highest BCUT2D eigenvalue weighted by Gasteiger charge is 2.36. The number of hydrogen-bond acceptors (Lipinski definition) is 5. The van der Waals surface area contributed by atoms with E-state index in [0.29, 0.717) is 12.4 Å². The molecule has 1 amide bonds. The number of anilines is 1. The van der Waals surface area contributed by atoms with Crippen LogP contribution in [0.15, 0.2) is 12.4 Å². The van der Waals surface area contributed by atoms with E-state index in [1.54, 1.807) is 0 Å². The van der Waals surface area contributed by atoms with Crippen molar-refractivity contribution >= 4 is 21.7 Å². The molecule has 2 N–H and O–H groups in total. The number of hydrogen-bond donors (Lipinski definition) is 1. The lowest BCUT2D eigenvalue weighted by molar-refractivity contribution is -0.141. The molecule has 1 unspecified atom stereocenters. The minimum Gasteiger partial charge on any atom is -0.296 e. The van der Waals surface area contributed by atoms with Crippen LogP contribution in [0, 0.1) is 5.92 Å². The summed E-state index contributed by atoms with van der Waals surface area (Å²) in [5.41, 5.74) is -1.17. The molecule has 1 aromatic rings. The van der Waals surface area contributed by atoms with E-state index in [9.17, 15) is 26.4 Å². The summed E-state index contributed by atoms with van der Waals surface area (Å²) in [6.45, 7) is -0.0520. The lowest BCUT2D eigenvalue weighted by Crippen LogP contribution is -2.28. The van der Waals surface area contributed by atoms with Gasteiger partial charge in [-0.1, -0.05) is 0 Å². The van der Waals surface area contributed by atoms with Crippen LogP contribution in [0.25, 0.3) is 0 Å². The molecule has 11 heteroatoms. The summed E-state index contributed by atoms with van der Waals surface area (Å²) in [6, 6.07) is 0.650. The van der Waals surface area contributed by atoms with Crippen molar-refractivity contribution < 1.29 is 26.4 Å². The highest BCUT2D eigenvalue weighted by atomic mass is 32.2. The molecule has 1 atom stereocenters. The Morgan fingerprint density at radius 3 is 2.62 bits per heavy atom. The summed E-state index contributed by atoms with van der Waals surface area (Å²) in [7, 11) is -3.76. The summed E-state index contributed by atoms with van der Waals surface area (Å²) < 4.78 is 59.7.